The Balaban J connectivity index is 1.49. The van der Waals surface area contributed by atoms with Crippen molar-refractivity contribution in [3.8, 4) is 22.4 Å². The number of carbonyl (C=O) groups excluding carboxylic acids is 3. The van der Waals surface area contributed by atoms with E-state index in [1.165, 1.54) is 5.56 Å². The van der Waals surface area contributed by atoms with Crippen molar-refractivity contribution >= 4 is 17.7 Å². The van der Waals surface area contributed by atoms with E-state index in [9.17, 15) is 14.4 Å². The van der Waals surface area contributed by atoms with Crippen molar-refractivity contribution < 1.29 is 14.4 Å². The highest BCUT2D eigenvalue weighted by Crippen LogP contribution is 2.36. The molecule has 5 rings (SSSR count). The first-order valence-corrected chi connectivity index (χ1v) is 11.2. The second-order valence-corrected chi connectivity index (χ2v) is 9.08. The van der Waals surface area contributed by atoms with Gasteiger partial charge in [0.15, 0.2) is 0 Å². The van der Waals surface area contributed by atoms with Gasteiger partial charge < -0.3 is 4.90 Å². The number of piperidine rings is 1. The summed E-state index contributed by atoms with van der Waals surface area (Å²) < 4.78 is 1.88. The number of rotatable bonds is 4. The fourth-order valence-corrected chi connectivity index (χ4v) is 4.78. The van der Waals surface area contributed by atoms with E-state index < -0.39 is 11.9 Å². The van der Waals surface area contributed by atoms with Gasteiger partial charge in [-0.2, -0.15) is 5.10 Å². The maximum absolute atomic E-state index is 13.0. The Morgan fingerprint density at radius 2 is 1.85 bits per heavy atom. The van der Waals surface area contributed by atoms with Gasteiger partial charge in [-0.05, 0) is 47.2 Å². The summed E-state index contributed by atoms with van der Waals surface area (Å²) in [6, 6.07) is 13.7. The Hall–Kier alpha value is -3.74. The molecule has 7 nitrogen and oxygen atoms in total. The number of aromatic nitrogens is 2. The lowest BCUT2D eigenvalue weighted by atomic mass is 9.95. The van der Waals surface area contributed by atoms with Crippen LogP contribution in [0.1, 0.15) is 54.1 Å². The van der Waals surface area contributed by atoms with Crippen molar-refractivity contribution in [1.29, 1.82) is 0 Å². The summed E-state index contributed by atoms with van der Waals surface area (Å²) in [6.07, 6.45) is 2.46. The monoisotopic (exact) mass is 442 g/mol. The number of fused-ring (bicyclic) bond motifs is 1. The van der Waals surface area contributed by atoms with Gasteiger partial charge >= 0.3 is 0 Å². The van der Waals surface area contributed by atoms with Crippen molar-refractivity contribution in [2.45, 2.75) is 45.2 Å². The molecule has 168 valence electrons. The number of benzene rings is 2. The first-order valence-electron chi connectivity index (χ1n) is 11.2. The summed E-state index contributed by atoms with van der Waals surface area (Å²) in [6.45, 7) is 4.71. The van der Waals surface area contributed by atoms with Crippen LogP contribution in [0, 0.1) is 0 Å². The van der Waals surface area contributed by atoms with Crippen LogP contribution < -0.4 is 5.32 Å². The van der Waals surface area contributed by atoms with E-state index in [-0.39, 0.29) is 18.2 Å². The topological polar surface area (TPSA) is 84.3 Å². The van der Waals surface area contributed by atoms with Crippen LogP contribution in [0.25, 0.3) is 22.4 Å². The van der Waals surface area contributed by atoms with Gasteiger partial charge in [0, 0.05) is 36.7 Å². The molecule has 1 saturated heterocycles. The van der Waals surface area contributed by atoms with Crippen molar-refractivity contribution in [2.24, 2.45) is 7.05 Å². The minimum absolute atomic E-state index is 0.165. The van der Waals surface area contributed by atoms with Crippen LogP contribution in [0.2, 0.25) is 0 Å². The summed E-state index contributed by atoms with van der Waals surface area (Å²) in [4.78, 5) is 38.4. The van der Waals surface area contributed by atoms with Gasteiger partial charge in [0.25, 0.3) is 5.91 Å². The Labute approximate surface area is 192 Å². The van der Waals surface area contributed by atoms with Crippen molar-refractivity contribution in [2.75, 3.05) is 0 Å². The predicted octanol–water partition coefficient (Wildman–Crippen LogP) is 3.64. The maximum Gasteiger partial charge on any atom is 0.255 e. The van der Waals surface area contributed by atoms with Crippen LogP contribution >= 0.6 is 0 Å². The van der Waals surface area contributed by atoms with E-state index in [1.807, 2.05) is 36.1 Å². The number of hydrogen-bond donors (Lipinski definition) is 1. The number of amides is 3. The van der Waals surface area contributed by atoms with E-state index in [1.54, 1.807) is 4.90 Å². The fourth-order valence-electron chi connectivity index (χ4n) is 4.78. The minimum atomic E-state index is -0.612. The van der Waals surface area contributed by atoms with Gasteiger partial charge in [-0.25, -0.2) is 0 Å². The molecule has 0 radical (unpaired) electrons. The lowest BCUT2D eigenvalue weighted by Gasteiger charge is -2.29. The van der Waals surface area contributed by atoms with Gasteiger partial charge in [-0.15, -0.1) is 0 Å². The van der Waals surface area contributed by atoms with Gasteiger partial charge in [-0.1, -0.05) is 38.1 Å². The van der Waals surface area contributed by atoms with Crippen LogP contribution in [0.3, 0.4) is 0 Å². The number of nitrogens with zero attached hydrogens (tertiary/aromatic N) is 3. The fraction of sp³-hybridized carbons (Fsp3) is 0.308. The van der Waals surface area contributed by atoms with Crippen LogP contribution in [0.15, 0.2) is 48.7 Å². The number of hydrogen-bond acceptors (Lipinski definition) is 4. The number of aryl methyl sites for hydroxylation is 1. The molecule has 1 aromatic heterocycles. The highest BCUT2D eigenvalue weighted by atomic mass is 16.2. The highest BCUT2D eigenvalue weighted by Gasteiger charge is 2.39. The second-order valence-electron chi connectivity index (χ2n) is 9.08. The van der Waals surface area contributed by atoms with Crippen molar-refractivity contribution in [3.05, 3.63) is 65.4 Å². The van der Waals surface area contributed by atoms with Crippen LogP contribution in [0.5, 0.6) is 0 Å². The van der Waals surface area contributed by atoms with Crippen molar-refractivity contribution in [1.82, 2.24) is 20.0 Å². The molecule has 1 fully saturated rings. The largest absolute Gasteiger partial charge is 0.322 e. The minimum Gasteiger partial charge on any atom is -0.322 e. The number of imide groups is 1. The molecule has 33 heavy (non-hydrogen) atoms. The predicted molar refractivity (Wildman–Crippen MR) is 124 cm³/mol. The smallest absolute Gasteiger partial charge is 0.255 e. The van der Waals surface area contributed by atoms with Gasteiger partial charge in [-0.3, -0.25) is 24.4 Å². The Morgan fingerprint density at radius 1 is 1.03 bits per heavy atom. The molecule has 3 amide bonds. The molecule has 7 heteroatoms. The zero-order chi connectivity index (χ0) is 23.3. The Morgan fingerprint density at radius 3 is 2.61 bits per heavy atom. The van der Waals surface area contributed by atoms with E-state index in [2.05, 4.69) is 48.5 Å². The molecule has 3 aromatic rings. The highest BCUT2D eigenvalue weighted by molar-refractivity contribution is 6.05. The Bertz CT molecular complexity index is 1290. The molecule has 3 heterocycles. The number of carbonyl (C=O) groups is 3. The normalized spacial score (nSPS) is 18.1. The zero-order valence-electron chi connectivity index (χ0n) is 19.0. The number of nitrogens with one attached hydrogen (secondary N) is 1. The van der Waals surface area contributed by atoms with E-state index in [4.69, 9.17) is 0 Å². The molecule has 2 aromatic carbocycles. The lowest BCUT2D eigenvalue weighted by Crippen LogP contribution is -2.52. The molecular weight excluding hydrogens is 416 g/mol. The molecule has 2 aliphatic rings. The molecule has 0 saturated carbocycles. The first kappa shape index (κ1) is 21.1. The average Bonchev–Trinajstić information content (AvgIpc) is 3.33. The zero-order valence-corrected chi connectivity index (χ0v) is 19.0. The van der Waals surface area contributed by atoms with Crippen LogP contribution in [0.4, 0.5) is 0 Å². The molecule has 1 N–H and O–H groups in total. The molecule has 0 aliphatic carbocycles. The summed E-state index contributed by atoms with van der Waals surface area (Å²) in [5, 5.41) is 6.86. The molecule has 2 aliphatic heterocycles. The van der Waals surface area contributed by atoms with Crippen molar-refractivity contribution in [3.63, 3.8) is 0 Å². The summed E-state index contributed by atoms with van der Waals surface area (Å²) in [5.41, 5.74) is 6.84. The molecule has 0 spiro atoms. The third-order valence-corrected chi connectivity index (χ3v) is 6.60. The first-order chi connectivity index (χ1) is 15.8. The standard InChI is InChI=1S/C26H26N4O3/c1-15(2)16-5-4-6-18(11-16)24-21(13-27-29(24)3)17-7-8-20-19(12-17)14-30(26(20)33)22-9-10-23(31)28-25(22)32/h4-8,11-13,15,22H,9-10,14H2,1-3H3,(H,28,31,32). The third-order valence-electron chi connectivity index (χ3n) is 6.60. The molecule has 1 unspecified atom stereocenters. The van der Waals surface area contributed by atoms with Gasteiger partial charge in [0.1, 0.15) is 6.04 Å². The van der Waals surface area contributed by atoms with Gasteiger partial charge in [0.05, 0.1) is 11.9 Å². The second kappa shape index (κ2) is 7.99. The summed E-state index contributed by atoms with van der Waals surface area (Å²) >= 11 is 0. The average molecular weight is 443 g/mol. The van der Waals surface area contributed by atoms with Gasteiger partial charge in [0.2, 0.25) is 11.8 Å². The quantitative estimate of drug-likeness (QED) is 0.626. The van der Waals surface area contributed by atoms with E-state index in [0.29, 0.717) is 24.4 Å². The summed E-state index contributed by atoms with van der Waals surface area (Å²) in [7, 11) is 1.93. The Kier molecular flexibility index (Phi) is 5.12. The third kappa shape index (κ3) is 3.63. The molecule has 1 atom stereocenters. The lowest BCUT2D eigenvalue weighted by molar-refractivity contribution is -0.136. The van der Waals surface area contributed by atoms with Crippen LogP contribution in [-0.2, 0) is 23.2 Å². The van der Waals surface area contributed by atoms with E-state index in [0.717, 1.165) is 27.9 Å². The maximum atomic E-state index is 13.0. The van der Waals surface area contributed by atoms with E-state index >= 15 is 0 Å². The SMILES string of the molecule is CC(C)c1cccc(-c2c(-c3ccc4c(c3)CN(C3CCC(=O)NC3=O)C4=O)cnn2C)c1. The molecule has 0 bridgehead atoms. The molecular formula is C26H26N4O3. The summed E-state index contributed by atoms with van der Waals surface area (Å²) in [5.74, 6) is -0.423. The van der Waals surface area contributed by atoms with Crippen LogP contribution in [-0.4, -0.2) is 38.4 Å².